The van der Waals surface area contributed by atoms with E-state index in [2.05, 4.69) is 30.8 Å². The first kappa shape index (κ1) is 27.0. The molecule has 0 fully saturated rings. The Bertz CT molecular complexity index is 1220. The number of allylic oxidation sites excluding steroid dienone is 2. The van der Waals surface area contributed by atoms with E-state index < -0.39 is 22.2 Å². The Kier molecular flexibility index (Phi) is 9.72. The van der Waals surface area contributed by atoms with Crippen molar-refractivity contribution < 1.29 is 31.8 Å². The van der Waals surface area contributed by atoms with Gasteiger partial charge in [0.15, 0.2) is 11.5 Å². The number of halogens is 1. The van der Waals surface area contributed by atoms with E-state index in [1.165, 1.54) is 18.2 Å². The number of aliphatic imine (C=N–C) groups is 1. The molecule has 2 aromatic rings. The van der Waals surface area contributed by atoms with Crippen LogP contribution in [0.1, 0.15) is 49.8 Å². The zero-order valence-corrected chi connectivity index (χ0v) is 20.4. The number of nitrogens with one attached hydrogen (secondary N) is 3. The normalized spacial score (nSPS) is 16.3. The second kappa shape index (κ2) is 12.9. The fraction of sp³-hybridized carbons (Fsp3) is 0.429. The Hall–Kier alpha value is -3.56. The molecule has 5 N–H and O–H groups in total. The highest BCUT2D eigenvalue weighted by molar-refractivity contribution is 7.87. The number of carbonyl (C=O) groups is 1. The maximum Gasteiger partial charge on any atom is 0.538 e. The number of hydrogen-bond donors (Lipinski definition) is 4. The monoisotopic (exact) mass is 525 g/mol. The summed E-state index contributed by atoms with van der Waals surface area (Å²) in [6.07, 6.45) is 6.43. The highest BCUT2D eigenvalue weighted by Gasteiger charge is 2.20. The zero-order valence-electron chi connectivity index (χ0n) is 19.6. The maximum absolute atomic E-state index is 13.7. The molecule has 15 heteroatoms. The number of hydroxylamine groups is 1. The van der Waals surface area contributed by atoms with Gasteiger partial charge in [0.1, 0.15) is 11.6 Å². The smallest absolute Gasteiger partial charge is 0.398 e. The number of hydrogen-bond acceptors (Lipinski definition) is 10. The van der Waals surface area contributed by atoms with Gasteiger partial charge >= 0.3 is 6.16 Å². The molecule has 1 aromatic carbocycles. The summed E-state index contributed by atoms with van der Waals surface area (Å²) in [6, 6.07) is 4.13. The van der Waals surface area contributed by atoms with Gasteiger partial charge in [0, 0.05) is 19.5 Å². The Labute approximate surface area is 207 Å². The fourth-order valence-corrected chi connectivity index (χ4v) is 3.65. The molecule has 1 aliphatic carbocycles. The van der Waals surface area contributed by atoms with Crippen molar-refractivity contribution in [3.05, 3.63) is 47.1 Å². The third-order valence-electron chi connectivity index (χ3n) is 5.01. The number of carbonyl (C=O) groups excluding carboxylic acids is 1. The lowest BCUT2D eigenvalue weighted by Gasteiger charge is -2.13. The van der Waals surface area contributed by atoms with Crippen LogP contribution in [0.4, 0.5) is 20.7 Å². The molecule has 0 saturated heterocycles. The lowest BCUT2D eigenvalue weighted by atomic mass is 10.1. The van der Waals surface area contributed by atoms with Gasteiger partial charge in [-0.05, 0) is 66.3 Å². The molecular weight excluding hydrogens is 497 g/mol. The number of aromatic nitrogens is 2. The molecular formula is C21H28FN7O6S. The fourth-order valence-electron chi connectivity index (χ4n) is 3.26. The van der Waals surface area contributed by atoms with E-state index in [1.807, 2.05) is 6.08 Å². The van der Waals surface area contributed by atoms with Crippen molar-refractivity contribution in [3.8, 4) is 0 Å². The lowest BCUT2D eigenvalue weighted by molar-refractivity contribution is 0.0532. The van der Waals surface area contributed by atoms with Crippen LogP contribution < -0.4 is 20.7 Å². The largest absolute Gasteiger partial charge is 0.538 e. The lowest BCUT2D eigenvalue weighted by Crippen LogP contribution is -2.34. The summed E-state index contributed by atoms with van der Waals surface area (Å²) in [5.41, 5.74) is 3.07. The van der Waals surface area contributed by atoms with Crippen molar-refractivity contribution in [1.29, 1.82) is 0 Å². The Morgan fingerprint density at radius 2 is 2.03 bits per heavy atom. The van der Waals surface area contributed by atoms with Gasteiger partial charge in [-0.2, -0.15) is 13.9 Å². The van der Waals surface area contributed by atoms with Gasteiger partial charge in [-0.3, -0.25) is 0 Å². The number of nitrogens with zero attached hydrogens (tertiary/aromatic N) is 3. The van der Waals surface area contributed by atoms with Gasteiger partial charge in [0.2, 0.25) is 5.82 Å². The molecule has 1 heterocycles. The SMILES string of the molecule is Cc1cc(N=C(NOC(=O)O/C2=C\CCCCCC2)c2nonc2NCCNS(N)(=O)=O)ccc1F. The molecule has 0 bridgehead atoms. The molecule has 3 rings (SSSR count). The van der Waals surface area contributed by atoms with E-state index in [0.29, 0.717) is 23.4 Å². The maximum atomic E-state index is 13.7. The summed E-state index contributed by atoms with van der Waals surface area (Å²) in [6.45, 7) is 1.58. The minimum absolute atomic E-state index is 0.00514. The van der Waals surface area contributed by atoms with Gasteiger partial charge in [0.05, 0.1) is 5.69 Å². The molecule has 196 valence electrons. The first-order valence-electron chi connectivity index (χ1n) is 11.2. The molecule has 1 aliphatic rings. The molecule has 0 saturated carbocycles. The molecule has 0 unspecified atom stereocenters. The van der Waals surface area contributed by atoms with E-state index in [4.69, 9.17) is 19.3 Å². The van der Waals surface area contributed by atoms with Crippen molar-refractivity contribution in [1.82, 2.24) is 20.5 Å². The Morgan fingerprint density at radius 1 is 1.22 bits per heavy atom. The number of aryl methyl sites for hydroxylation is 1. The molecule has 0 aliphatic heterocycles. The van der Waals surface area contributed by atoms with E-state index in [1.54, 1.807) is 6.92 Å². The number of rotatable bonds is 8. The number of amidine groups is 1. The van der Waals surface area contributed by atoms with Crippen LogP contribution in [0.25, 0.3) is 0 Å². The van der Waals surface area contributed by atoms with E-state index >= 15 is 0 Å². The quantitative estimate of drug-likeness (QED) is 0.131. The van der Waals surface area contributed by atoms with Crippen LogP contribution in [0.2, 0.25) is 0 Å². The molecule has 0 spiro atoms. The van der Waals surface area contributed by atoms with Crippen LogP contribution in [0.5, 0.6) is 0 Å². The third-order valence-corrected chi connectivity index (χ3v) is 5.62. The minimum atomic E-state index is -3.87. The second-order valence-electron chi connectivity index (χ2n) is 7.90. The van der Waals surface area contributed by atoms with Crippen LogP contribution in [0.15, 0.2) is 39.7 Å². The van der Waals surface area contributed by atoms with Gasteiger partial charge in [-0.25, -0.2) is 28.7 Å². The molecule has 0 radical (unpaired) electrons. The summed E-state index contributed by atoms with van der Waals surface area (Å²) < 4.78 is 47.9. The average Bonchev–Trinajstić information content (AvgIpc) is 3.26. The number of ether oxygens (including phenoxy) is 1. The summed E-state index contributed by atoms with van der Waals surface area (Å²) in [4.78, 5) is 21.7. The highest BCUT2D eigenvalue weighted by Crippen LogP contribution is 2.20. The summed E-state index contributed by atoms with van der Waals surface area (Å²) >= 11 is 0. The molecule has 1 aromatic heterocycles. The van der Waals surface area contributed by atoms with Gasteiger partial charge < -0.3 is 14.9 Å². The molecule has 13 nitrogen and oxygen atoms in total. The first-order chi connectivity index (χ1) is 17.2. The van der Waals surface area contributed by atoms with E-state index in [-0.39, 0.29) is 30.4 Å². The van der Waals surface area contributed by atoms with Crippen molar-refractivity contribution in [2.75, 3.05) is 18.4 Å². The molecule has 0 atom stereocenters. The van der Waals surface area contributed by atoms with Crippen LogP contribution in [0, 0.1) is 12.7 Å². The van der Waals surface area contributed by atoms with Gasteiger partial charge in [-0.1, -0.05) is 12.8 Å². The molecule has 36 heavy (non-hydrogen) atoms. The van der Waals surface area contributed by atoms with Crippen molar-refractivity contribution in [2.24, 2.45) is 10.1 Å². The van der Waals surface area contributed by atoms with Crippen LogP contribution in [0.3, 0.4) is 0 Å². The van der Waals surface area contributed by atoms with Crippen LogP contribution >= 0.6 is 0 Å². The van der Waals surface area contributed by atoms with Crippen molar-refractivity contribution in [2.45, 2.75) is 45.4 Å². The number of benzene rings is 1. The topological polar surface area (TPSA) is 183 Å². The standard InChI is InChI=1S/C21H28FN7O6S/c1-14-13-15(9-10-17(14)22)26-20(18-19(29-35-27-18)24-11-12-25-36(23,31)32)28-34-21(30)33-16-7-5-3-2-4-6-8-16/h7,9-10,13,25H,2-6,8,11-12H2,1H3,(H,24,29)(H,26,28)(H2,23,31,32)/b16-7-. The second-order valence-corrected chi connectivity index (χ2v) is 9.28. The third kappa shape index (κ3) is 8.90. The Balaban J connectivity index is 1.75. The average molecular weight is 526 g/mol. The van der Waals surface area contributed by atoms with E-state index in [9.17, 15) is 17.6 Å². The molecule has 0 amide bonds. The summed E-state index contributed by atoms with van der Waals surface area (Å²) in [5, 5.41) is 15.2. The van der Waals surface area contributed by atoms with Crippen molar-refractivity contribution in [3.63, 3.8) is 0 Å². The predicted octanol–water partition coefficient (Wildman–Crippen LogP) is 2.70. The minimum Gasteiger partial charge on any atom is -0.398 e. The Morgan fingerprint density at radius 3 is 2.81 bits per heavy atom. The van der Waals surface area contributed by atoms with Gasteiger partial charge in [0.25, 0.3) is 10.2 Å². The zero-order chi connectivity index (χ0) is 26.0. The predicted molar refractivity (Wildman–Crippen MR) is 128 cm³/mol. The summed E-state index contributed by atoms with van der Waals surface area (Å²) in [7, 11) is -3.87. The van der Waals surface area contributed by atoms with Crippen molar-refractivity contribution >= 4 is 33.7 Å². The van der Waals surface area contributed by atoms with Crippen LogP contribution in [-0.2, 0) is 19.8 Å². The number of anilines is 1. The van der Waals surface area contributed by atoms with E-state index in [0.717, 1.165) is 32.1 Å². The van der Waals surface area contributed by atoms with Crippen LogP contribution in [-0.4, -0.2) is 43.8 Å². The van der Waals surface area contributed by atoms with Gasteiger partial charge in [-0.15, -0.1) is 0 Å². The number of nitrogens with two attached hydrogens (primary N) is 1. The summed E-state index contributed by atoms with van der Waals surface area (Å²) in [5.74, 6) is 0.0781. The highest BCUT2D eigenvalue weighted by atomic mass is 32.2. The first-order valence-corrected chi connectivity index (χ1v) is 12.8.